The Morgan fingerprint density at radius 3 is 2.69 bits per heavy atom. The van der Waals surface area contributed by atoms with Gasteiger partial charge in [0.1, 0.15) is 5.82 Å². The van der Waals surface area contributed by atoms with E-state index in [9.17, 15) is 14.5 Å². The number of alkyl halides is 1. The molecule has 0 radical (unpaired) electrons. The van der Waals surface area contributed by atoms with E-state index >= 15 is 0 Å². The Morgan fingerprint density at radius 1 is 1.62 bits per heavy atom. The molecule has 3 nitrogen and oxygen atoms in total. The summed E-state index contributed by atoms with van der Waals surface area (Å²) in [4.78, 5) is 9.85. The number of nitro groups is 1. The monoisotopic (exact) mass is 267 g/mol. The van der Waals surface area contributed by atoms with Gasteiger partial charge in [-0.15, -0.1) is 11.6 Å². The summed E-state index contributed by atoms with van der Waals surface area (Å²) in [6.07, 6.45) is 0. The summed E-state index contributed by atoms with van der Waals surface area (Å²) < 4.78 is 12.9. The number of benzene rings is 1. The van der Waals surface area contributed by atoms with Crippen LogP contribution >= 0.6 is 27.5 Å². The third-order valence-corrected chi connectivity index (χ3v) is 2.63. The predicted octanol–water partition coefficient (Wildman–Crippen LogP) is 3.24. The minimum Gasteiger partial charge on any atom is -0.258 e. The minimum atomic E-state index is -0.595. The van der Waals surface area contributed by atoms with E-state index < -0.39 is 10.7 Å². The summed E-state index contributed by atoms with van der Waals surface area (Å²) in [6, 6.07) is 2.12. The fraction of sp³-hybridized carbons (Fsp3) is 0.143. The lowest BCUT2D eigenvalue weighted by atomic mass is 10.2. The summed E-state index contributed by atoms with van der Waals surface area (Å²) >= 11 is 8.35. The maximum Gasteiger partial charge on any atom is 0.275 e. The van der Waals surface area contributed by atoms with E-state index in [1.807, 2.05) is 0 Å². The Balaban J connectivity index is 3.38. The maximum atomic E-state index is 12.9. The van der Waals surface area contributed by atoms with Gasteiger partial charge in [0.05, 0.1) is 20.8 Å². The molecule has 1 rings (SSSR count). The Hall–Kier alpha value is -0.680. The molecule has 6 heteroatoms. The van der Waals surface area contributed by atoms with Crippen LogP contribution in [0, 0.1) is 15.9 Å². The number of hydrogen-bond acceptors (Lipinski definition) is 2. The van der Waals surface area contributed by atoms with Crippen LogP contribution in [0.1, 0.15) is 5.56 Å². The van der Waals surface area contributed by atoms with Gasteiger partial charge in [0.15, 0.2) is 0 Å². The SMILES string of the molecule is O=[N+]([O-])c1ccc(F)c(Br)c1CCl. The fourth-order valence-corrected chi connectivity index (χ4v) is 1.79. The molecule has 0 N–H and O–H groups in total. The molecule has 0 aromatic heterocycles. The van der Waals surface area contributed by atoms with Gasteiger partial charge >= 0.3 is 0 Å². The molecule has 0 spiro atoms. The van der Waals surface area contributed by atoms with Crippen LogP contribution in [-0.2, 0) is 5.88 Å². The van der Waals surface area contributed by atoms with Gasteiger partial charge < -0.3 is 0 Å². The van der Waals surface area contributed by atoms with Crippen LogP contribution in [0.15, 0.2) is 16.6 Å². The third kappa shape index (κ3) is 1.97. The Morgan fingerprint density at radius 2 is 2.23 bits per heavy atom. The first-order valence-electron chi connectivity index (χ1n) is 3.25. The second kappa shape index (κ2) is 4.02. The summed E-state index contributed by atoms with van der Waals surface area (Å²) in [5, 5.41) is 10.4. The molecule has 0 atom stereocenters. The van der Waals surface area contributed by atoms with Gasteiger partial charge in [0.2, 0.25) is 0 Å². The quantitative estimate of drug-likeness (QED) is 0.469. The lowest BCUT2D eigenvalue weighted by molar-refractivity contribution is -0.385. The van der Waals surface area contributed by atoms with E-state index in [0.29, 0.717) is 0 Å². The van der Waals surface area contributed by atoms with E-state index in [-0.39, 0.29) is 21.6 Å². The molecular weight excluding hydrogens is 264 g/mol. The Kier molecular flexibility index (Phi) is 3.22. The lowest BCUT2D eigenvalue weighted by Gasteiger charge is -2.02. The van der Waals surface area contributed by atoms with Crippen LogP contribution in [-0.4, -0.2) is 4.92 Å². The second-order valence-electron chi connectivity index (χ2n) is 2.25. The number of hydrogen-bond donors (Lipinski definition) is 0. The number of rotatable bonds is 2. The van der Waals surface area contributed by atoms with Crippen LogP contribution in [0.3, 0.4) is 0 Å². The van der Waals surface area contributed by atoms with Crippen molar-refractivity contribution in [2.75, 3.05) is 0 Å². The van der Waals surface area contributed by atoms with Crippen LogP contribution < -0.4 is 0 Å². The van der Waals surface area contributed by atoms with Crippen molar-refractivity contribution in [3.8, 4) is 0 Å². The van der Waals surface area contributed by atoms with Gasteiger partial charge in [0, 0.05) is 6.07 Å². The van der Waals surface area contributed by atoms with Crippen molar-refractivity contribution in [3.05, 3.63) is 38.1 Å². The van der Waals surface area contributed by atoms with Gasteiger partial charge in [-0.2, -0.15) is 0 Å². The molecule has 0 saturated carbocycles. The van der Waals surface area contributed by atoms with Crippen LogP contribution in [0.2, 0.25) is 0 Å². The van der Waals surface area contributed by atoms with Crippen molar-refractivity contribution in [3.63, 3.8) is 0 Å². The zero-order valence-corrected chi connectivity index (χ0v) is 8.60. The summed E-state index contributed by atoms with van der Waals surface area (Å²) in [7, 11) is 0. The van der Waals surface area contributed by atoms with Crippen molar-refractivity contribution in [1.82, 2.24) is 0 Å². The number of nitrogens with zero attached hydrogens (tertiary/aromatic N) is 1. The Labute approximate surface area is 86.8 Å². The normalized spacial score (nSPS) is 10.1. The van der Waals surface area contributed by atoms with Crippen molar-refractivity contribution in [1.29, 1.82) is 0 Å². The largest absolute Gasteiger partial charge is 0.275 e. The minimum absolute atomic E-state index is 0.0525. The zero-order valence-electron chi connectivity index (χ0n) is 6.26. The van der Waals surface area contributed by atoms with Gasteiger partial charge in [-0.05, 0) is 22.0 Å². The molecule has 0 aliphatic rings. The number of halogens is 3. The molecule has 0 aliphatic heterocycles. The predicted molar refractivity (Wildman–Crippen MR) is 50.3 cm³/mol. The van der Waals surface area contributed by atoms with Crippen LogP contribution in [0.5, 0.6) is 0 Å². The van der Waals surface area contributed by atoms with Crippen LogP contribution in [0.4, 0.5) is 10.1 Å². The molecule has 0 bridgehead atoms. The maximum absolute atomic E-state index is 12.9. The molecule has 1 aromatic rings. The summed E-state index contributed by atoms with van der Waals surface area (Å²) in [6.45, 7) is 0. The zero-order chi connectivity index (χ0) is 10.0. The smallest absolute Gasteiger partial charge is 0.258 e. The molecule has 0 saturated heterocycles. The summed E-state index contributed by atoms with van der Waals surface area (Å²) in [5.74, 6) is -0.657. The lowest BCUT2D eigenvalue weighted by Crippen LogP contribution is -1.96. The molecule has 1 aromatic carbocycles. The van der Waals surface area contributed by atoms with Crippen molar-refractivity contribution < 1.29 is 9.31 Å². The highest BCUT2D eigenvalue weighted by Gasteiger charge is 2.18. The first kappa shape index (κ1) is 10.4. The van der Waals surface area contributed by atoms with E-state index in [4.69, 9.17) is 11.6 Å². The van der Waals surface area contributed by atoms with E-state index in [1.54, 1.807) is 0 Å². The molecule has 0 aliphatic carbocycles. The topological polar surface area (TPSA) is 43.1 Å². The highest BCUT2D eigenvalue weighted by Crippen LogP contribution is 2.30. The molecular formula is C7H4BrClFNO2. The van der Waals surface area contributed by atoms with Gasteiger partial charge in [-0.1, -0.05) is 0 Å². The average molecular weight is 268 g/mol. The summed E-state index contributed by atoms with van der Waals surface area (Å²) in [5.41, 5.74) is -0.0186. The molecule has 0 unspecified atom stereocenters. The van der Waals surface area contributed by atoms with E-state index in [2.05, 4.69) is 15.9 Å². The highest BCUT2D eigenvalue weighted by atomic mass is 79.9. The van der Waals surface area contributed by atoms with Crippen LogP contribution in [0.25, 0.3) is 0 Å². The molecule has 0 amide bonds. The second-order valence-corrected chi connectivity index (χ2v) is 3.31. The Bertz CT molecular complexity index is 359. The highest BCUT2D eigenvalue weighted by molar-refractivity contribution is 9.10. The van der Waals surface area contributed by atoms with Gasteiger partial charge in [-0.25, -0.2) is 4.39 Å². The molecule has 13 heavy (non-hydrogen) atoms. The van der Waals surface area contributed by atoms with E-state index in [0.717, 1.165) is 12.1 Å². The first-order valence-corrected chi connectivity index (χ1v) is 4.58. The van der Waals surface area contributed by atoms with Gasteiger partial charge in [-0.3, -0.25) is 10.1 Å². The average Bonchev–Trinajstić information content (AvgIpc) is 2.09. The molecule has 0 fully saturated rings. The van der Waals surface area contributed by atoms with Crippen molar-refractivity contribution >= 4 is 33.2 Å². The first-order chi connectivity index (χ1) is 6.07. The fourth-order valence-electron chi connectivity index (χ4n) is 0.881. The van der Waals surface area contributed by atoms with Crippen molar-refractivity contribution in [2.24, 2.45) is 0 Å². The van der Waals surface area contributed by atoms with E-state index in [1.165, 1.54) is 0 Å². The number of nitro benzene ring substituents is 1. The van der Waals surface area contributed by atoms with Gasteiger partial charge in [0.25, 0.3) is 5.69 Å². The molecule has 0 heterocycles. The molecule has 70 valence electrons. The standard InChI is InChI=1S/C7H4BrClFNO2/c8-7-4(3-9)6(11(12)13)2-1-5(7)10/h1-2H,3H2. The van der Waals surface area contributed by atoms with Crippen molar-refractivity contribution in [2.45, 2.75) is 5.88 Å². The third-order valence-electron chi connectivity index (χ3n) is 1.50.